The topological polar surface area (TPSA) is 9.23 Å². The lowest BCUT2D eigenvalue weighted by Crippen LogP contribution is -2.40. The Morgan fingerprint density at radius 1 is 1.21 bits per heavy atom. The molecule has 1 aromatic carbocycles. The van der Waals surface area contributed by atoms with Gasteiger partial charge in [-0.05, 0) is 48.0 Å². The molecule has 19 heavy (non-hydrogen) atoms. The predicted molar refractivity (Wildman–Crippen MR) is 89.8 cm³/mol. The van der Waals surface area contributed by atoms with E-state index in [2.05, 4.69) is 67.7 Å². The summed E-state index contributed by atoms with van der Waals surface area (Å²) in [6, 6.07) is 8.17. The highest BCUT2D eigenvalue weighted by Gasteiger charge is 2.36. The maximum Gasteiger partial charge on any atom is 0.192 e. The first-order valence-corrected chi connectivity index (χ1v) is 10.2. The maximum atomic E-state index is 6.04. The number of benzene rings is 1. The van der Waals surface area contributed by atoms with Crippen LogP contribution >= 0.6 is 15.9 Å². The first-order valence-electron chi connectivity index (χ1n) is 6.53. The summed E-state index contributed by atoms with van der Waals surface area (Å²) in [4.78, 5) is 0. The minimum absolute atomic E-state index is 0.260. The summed E-state index contributed by atoms with van der Waals surface area (Å²) in [6.07, 6.45) is 3.93. The van der Waals surface area contributed by atoms with Crippen LogP contribution in [0.5, 0.6) is 0 Å². The van der Waals surface area contributed by atoms with Gasteiger partial charge in [-0.1, -0.05) is 48.8 Å². The molecule has 104 valence electrons. The quantitative estimate of drug-likeness (QED) is 0.509. The lowest BCUT2D eigenvalue weighted by Gasteiger charge is -2.35. The largest absolute Gasteiger partial charge is 0.413 e. The minimum Gasteiger partial charge on any atom is -0.413 e. The third-order valence-corrected chi connectivity index (χ3v) is 8.60. The Kier molecular flexibility index (Phi) is 5.81. The first-order chi connectivity index (χ1) is 8.72. The van der Waals surface area contributed by atoms with Gasteiger partial charge in [-0.2, -0.15) is 0 Å². The molecule has 0 saturated carbocycles. The highest BCUT2D eigenvalue weighted by Crippen LogP contribution is 2.36. The molecule has 1 nitrogen and oxygen atoms in total. The molecular weight excluding hydrogens is 316 g/mol. The summed E-state index contributed by atoms with van der Waals surface area (Å²) in [5.74, 6) is 0. The second-order valence-corrected chi connectivity index (χ2v) is 11.9. The normalized spacial score (nSPS) is 11.9. The van der Waals surface area contributed by atoms with E-state index in [1.165, 1.54) is 0 Å². The molecule has 3 heteroatoms. The standard InChI is InChI=1S/C16H23BrOSi/c1-16(2,3)19(4,5)18-13-7-6-8-14-9-11-15(17)12-10-14/h7-12H,13H2,1-5H3. The lowest BCUT2D eigenvalue weighted by atomic mass is 10.2. The van der Waals surface area contributed by atoms with Crippen molar-refractivity contribution in [1.82, 2.24) is 0 Å². The average Bonchev–Trinajstić information content (AvgIpc) is 2.29. The Morgan fingerprint density at radius 3 is 2.32 bits per heavy atom. The van der Waals surface area contributed by atoms with Gasteiger partial charge in [-0.3, -0.25) is 0 Å². The molecule has 0 amide bonds. The molecule has 0 aliphatic heterocycles. The van der Waals surface area contributed by atoms with Gasteiger partial charge >= 0.3 is 0 Å². The van der Waals surface area contributed by atoms with E-state index in [1.807, 2.05) is 24.3 Å². The van der Waals surface area contributed by atoms with E-state index in [0.717, 1.165) is 10.0 Å². The smallest absolute Gasteiger partial charge is 0.192 e. The Morgan fingerprint density at radius 2 is 1.79 bits per heavy atom. The molecule has 0 saturated heterocycles. The van der Waals surface area contributed by atoms with E-state index in [4.69, 9.17) is 4.43 Å². The minimum atomic E-state index is -1.63. The van der Waals surface area contributed by atoms with E-state index in [1.54, 1.807) is 0 Å². The van der Waals surface area contributed by atoms with Gasteiger partial charge in [0.1, 0.15) is 0 Å². The Hall–Kier alpha value is -0.603. The van der Waals surface area contributed by atoms with Crippen molar-refractivity contribution in [2.75, 3.05) is 6.61 Å². The third kappa shape index (κ3) is 5.49. The van der Waals surface area contributed by atoms with Crippen LogP contribution in [-0.2, 0) is 4.43 Å². The molecule has 0 radical (unpaired) electrons. The van der Waals surface area contributed by atoms with Crippen molar-refractivity contribution in [3.63, 3.8) is 0 Å². The van der Waals surface area contributed by atoms with Crippen molar-refractivity contribution in [1.29, 1.82) is 0 Å². The fourth-order valence-electron chi connectivity index (χ4n) is 1.23. The molecule has 0 aliphatic carbocycles. The van der Waals surface area contributed by atoms with E-state index in [-0.39, 0.29) is 5.04 Å². The van der Waals surface area contributed by atoms with Gasteiger partial charge in [-0.25, -0.2) is 0 Å². The Bertz CT molecular complexity index is 463. The van der Waals surface area contributed by atoms with Crippen LogP contribution in [0.4, 0.5) is 0 Å². The summed E-state index contributed by atoms with van der Waals surface area (Å²) in [7, 11) is -1.63. The Balaban J connectivity index is 2.53. The summed E-state index contributed by atoms with van der Waals surface area (Å²) >= 11 is 3.42. The fourth-order valence-corrected chi connectivity index (χ4v) is 2.43. The van der Waals surface area contributed by atoms with Crippen molar-refractivity contribution in [2.45, 2.75) is 38.9 Å². The molecule has 0 bridgehead atoms. The van der Waals surface area contributed by atoms with Gasteiger partial charge in [0.2, 0.25) is 0 Å². The molecule has 1 aromatic rings. The summed E-state index contributed by atoms with van der Waals surface area (Å²) in [5.41, 5.74) is 4.32. The van der Waals surface area contributed by atoms with E-state index < -0.39 is 8.32 Å². The lowest BCUT2D eigenvalue weighted by molar-refractivity contribution is 0.328. The second kappa shape index (κ2) is 6.71. The van der Waals surface area contributed by atoms with Crippen LogP contribution in [0.1, 0.15) is 26.3 Å². The molecule has 0 unspecified atom stereocenters. The van der Waals surface area contributed by atoms with Gasteiger partial charge < -0.3 is 4.43 Å². The van der Waals surface area contributed by atoms with E-state index in [9.17, 15) is 0 Å². The van der Waals surface area contributed by atoms with Gasteiger partial charge in [0.25, 0.3) is 0 Å². The molecule has 0 fully saturated rings. The molecule has 0 heterocycles. The van der Waals surface area contributed by atoms with Crippen LogP contribution in [0.15, 0.2) is 40.5 Å². The summed E-state index contributed by atoms with van der Waals surface area (Å²) in [5, 5.41) is 0.260. The fraction of sp³-hybridized carbons (Fsp3) is 0.438. The van der Waals surface area contributed by atoms with Crippen LogP contribution in [0, 0.1) is 0 Å². The van der Waals surface area contributed by atoms with Crippen LogP contribution in [0.3, 0.4) is 0 Å². The molecule has 0 spiro atoms. The van der Waals surface area contributed by atoms with Crippen molar-refractivity contribution < 1.29 is 4.43 Å². The molecule has 0 aliphatic rings. The molecule has 0 N–H and O–H groups in total. The SMILES string of the molecule is CC(C)(C)[Si](C)(C)OCC=C=Cc1ccc(Br)cc1. The zero-order valence-corrected chi connectivity index (χ0v) is 15.0. The van der Waals surface area contributed by atoms with Crippen LogP contribution in [0.25, 0.3) is 6.08 Å². The van der Waals surface area contributed by atoms with Crippen molar-refractivity contribution in [3.8, 4) is 0 Å². The van der Waals surface area contributed by atoms with E-state index >= 15 is 0 Å². The van der Waals surface area contributed by atoms with Crippen molar-refractivity contribution >= 4 is 30.3 Å². The van der Waals surface area contributed by atoms with Crippen molar-refractivity contribution in [2.24, 2.45) is 0 Å². The monoisotopic (exact) mass is 338 g/mol. The molecular formula is C16H23BrOSi. The zero-order chi connectivity index (χ0) is 14.5. The van der Waals surface area contributed by atoms with Gasteiger partial charge in [0.15, 0.2) is 8.32 Å². The predicted octanol–water partition coefficient (Wildman–Crippen LogP) is 5.64. The van der Waals surface area contributed by atoms with Crippen molar-refractivity contribution in [3.05, 3.63) is 46.1 Å². The van der Waals surface area contributed by atoms with Crippen LogP contribution < -0.4 is 0 Å². The second-order valence-electron chi connectivity index (χ2n) is 6.14. The van der Waals surface area contributed by atoms with Gasteiger partial charge in [0.05, 0.1) is 6.61 Å². The van der Waals surface area contributed by atoms with E-state index in [0.29, 0.717) is 6.61 Å². The average molecular weight is 339 g/mol. The number of halogens is 1. The zero-order valence-electron chi connectivity index (χ0n) is 12.5. The molecule has 0 atom stereocenters. The Labute approximate surface area is 126 Å². The summed E-state index contributed by atoms with van der Waals surface area (Å²) in [6.45, 7) is 11.9. The number of hydrogen-bond donors (Lipinski definition) is 0. The highest BCUT2D eigenvalue weighted by molar-refractivity contribution is 9.10. The molecule has 0 aromatic heterocycles. The van der Waals surface area contributed by atoms with Crippen LogP contribution in [-0.4, -0.2) is 14.9 Å². The first kappa shape index (κ1) is 16.5. The summed E-state index contributed by atoms with van der Waals surface area (Å²) < 4.78 is 7.14. The van der Waals surface area contributed by atoms with Gasteiger partial charge in [0, 0.05) is 4.47 Å². The highest BCUT2D eigenvalue weighted by atomic mass is 79.9. The maximum absolute atomic E-state index is 6.04. The number of rotatable bonds is 4. The third-order valence-electron chi connectivity index (χ3n) is 3.57. The number of hydrogen-bond acceptors (Lipinski definition) is 1. The van der Waals surface area contributed by atoms with Crippen LogP contribution in [0.2, 0.25) is 18.1 Å². The molecule has 1 rings (SSSR count). The van der Waals surface area contributed by atoms with Gasteiger partial charge in [-0.15, -0.1) is 5.73 Å².